The first-order chi connectivity index (χ1) is 21.0. The van der Waals surface area contributed by atoms with Gasteiger partial charge in [0.05, 0.1) is 36.4 Å². The van der Waals surface area contributed by atoms with Gasteiger partial charge in [0.25, 0.3) is 0 Å². The average Bonchev–Trinajstić information content (AvgIpc) is 3.69. The molecular weight excluding hydrogens is 668 g/mol. The zero-order valence-electron chi connectivity index (χ0n) is 31.2. The van der Waals surface area contributed by atoms with E-state index in [-0.39, 0.29) is 95.9 Å². The first-order valence-electron chi connectivity index (χ1n) is 15.9. The molecule has 3 aliphatic rings. The summed E-state index contributed by atoms with van der Waals surface area (Å²) in [6.07, 6.45) is 7.17. The van der Waals surface area contributed by atoms with Gasteiger partial charge in [0.2, 0.25) is 0 Å². The summed E-state index contributed by atoms with van der Waals surface area (Å²) in [6, 6.07) is 0. The average molecular weight is 730 g/mol. The molecule has 0 bridgehead atoms. The number of carbonyl (C=O) groups excluding carboxylic acids is 4. The molecule has 4 N–H and O–H groups in total. The third kappa shape index (κ3) is 20.6. The number of aliphatic hydroxyl groups is 4. The molecule has 0 radical (unpaired) electrons. The molecule has 0 aromatic carbocycles. The Morgan fingerprint density at radius 3 is 1.35 bits per heavy atom. The molecule has 3 rings (SSSR count). The van der Waals surface area contributed by atoms with E-state index in [1.165, 1.54) is 21.0 Å². The Bertz CT molecular complexity index is 1050. The maximum atomic E-state index is 11.4. The van der Waals surface area contributed by atoms with Crippen LogP contribution < -0.4 is 12.4 Å². The number of hydrogen-bond acceptors (Lipinski definition) is 11. The van der Waals surface area contributed by atoms with Crippen molar-refractivity contribution in [1.29, 1.82) is 0 Å². The van der Waals surface area contributed by atoms with Gasteiger partial charge in [0, 0.05) is 28.6 Å². The van der Waals surface area contributed by atoms with E-state index in [1.807, 2.05) is 0 Å². The number of methoxy groups -OCH3 is 1. The van der Waals surface area contributed by atoms with Gasteiger partial charge in [0.15, 0.2) is 0 Å². The van der Waals surface area contributed by atoms with Crippen molar-refractivity contribution in [1.82, 2.24) is 0 Å². The van der Waals surface area contributed by atoms with Crippen molar-refractivity contribution in [3.05, 3.63) is 43.9 Å². The first-order valence-corrected chi connectivity index (χ1v) is 15.9. The van der Waals surface area contributed by atoms with Crippen LogP contribution in [0.2, 0.25) is 0 Å². The predicted octanol–water partition coefficient (Wildman–Crippen LogP) is 1.57. The van der Waals surface area contributed by atoms with E-state index in [0.29, 0.717) is 5.57 Å². The zero-order valence-corrected chi connectivity index (χ0v) is 33.4. The number of rotatable bonds is 7. The fourth-order valence-electron chi connectivity index (χ4n) is 5.50. The Morgan fingerprint density at radius 2 is 1.04 bits per heavy atom. The van der Waals surface area contributed by atoms with Crippen molar-refractivity contribution < 1.29 is 66.2 Å². The van der Waals surface area contributed by atoms with Gasteiger partial charge in [-0.05, 0) is 99.8 Å². The Morgan fingerprint density at radius 1 is 0.653 bits per heavy atom. The third-order valence-electron chi connectivity index (χ3n) is 8.22. The second-order valence-corrected chi connectivity index (χ2v) is 13.5. The van der Waals surface area contributed by atoms with E-state index in [2.05, 4.69) is 29.2 Å². The van der Waals surface area contributed by atoms with Crippen LogP contribution in [-0.4, -0.2) is 104 Å². The summed E-state index contributed by atoms with van der Waals surface area (Å²) >= 11 is 0. The van der Waals surface area contributed by atoms with Crippen LogP contribution in [-0.2, 0) is 33.4 Å². The predicted molar refractivity (Wildman–Crippen MR) is 186 cm³/mol. The van der Waals surface area contributed by atoms with E-state index >= 15 is 0 Å². The molecule has 3 saturated carbocycles. The monoisotopic (exact) mass is 728 g/mol. The molecule has 0 amide bonds. The smallest absolute Gasteiger partial charge is 1.00 e. The van der Waals surface area contributed by atoms with Crippen molar-refractivity contribution in [2.24, 2.45) is 17.8 Å². The molecule has 0 saturated heterocycles. The fraction of sp³-hybridized carbons (Fsp3) is 0.694. The van der Waals surface area contributed by atoms with Crippen molar-refractivity contribution in [2.75, 3.05) is 7.11 Å². The summed E-state index contributed by atoms with van der Waals surface area (Å²) in [5, 5.41) is 38.0. The number of halogens is 1. The summed E-state index contributed by atoms with van der Waals surface area (Å²) < 4.78 is 14.1. The van der Waals surface area contributed by atoms with Gasteiger partial charge in [-0.3, -0.25) is 4.79 Å². The molecule has 3 fully saturated rings. The Kier molecular flexibility index (Phi) is 27.8. The number of hydrogen-bond donors (Lipinski definition) is 4. The van der Waals surface area contributed by atoms with E-state index in [9.17, 15) is 39.6 Å². The quantitative estimate of drug-likeness (QED) is 0.0748. The summed E-state index contributed by atoms with van der Waals surface area (Å²) in [7, 11) is 1.35. The Hall–Kier alpha value is -1.80. The maximum Gasteiger partial charge on any atom is 2.00 e. The van der Waals surface area contributed by atoms with E-state index in [0.717, 1.165) is 57.8 Å². The molecule has 49 heavy (non-hydrogen) atoms. The van der Waals surface area contributed by atoms with E-state index in [1.54, 1.807) is 34.6 Å². The maximum absolute atomic E-state index is 11.4. The standard InChI is InChI=1S/C12H20O3.C8H10O3.C8H16O2.C7H12O3.CH3.ClH.Mg/c1-8(2)11(13)15-10-7-5-6-9(10)12(3,4)14;1-5(2)7(9)11-8(10)6(3)4;1-8(2,10)6-4-3-5-7(6)9;1-10-7(9)5-3-2-4-6(5)8;;;/h9-10,14H,1,5-7H2,2-4H3;1,3H2,2,4H3;6-7,9-10H,3-5H2,1-2H3;5-6,8H,2-4H2,1H3;1H3;1H;/q;;;;-1;;+2/p-1. The third-order valence-corrected chi connectivity index (χ3v) is 8.22. The fourth-order valence-corrected chi connectivity index (χ4v) is 5.50. The van der Waals surface area contributed by atoms with Crippen LogP contribution >= 0.6 is 0 Å². The molecule has 0 heterocycles. The topological polar surface area (TPSA) is 177 Å². The van der Waals surface area contributed by atoms with Gasteiger partial charge in [-0.15, -0.1) is 0 Å². The van der Waals surface area contributed by atoms with Crippen LogP contribution in [0.1, 0.15) is 106 Å². The molecule has 0 aromatic heterocycles. The molecule has 6 unspecified atom stereocenters. The minimum Gasteiger partial charge on any atom is -1.00 e. The van der Waals surface area contributed by atoms with Gasteiger partial charge in [-0.2, -0.15) is 0 Å². The Labute approximate surface area is 316 Å². The van der Waals surface area contributed by atoms with Crippen molar-refractivity contribution >= 4 is 46.9 Å². The summed E-state index contributed by atoms with van der Waals surface area (Å²) in [5.41, 5.74) is -0.678. The largest absolute Gasteiger partial charge is 2.00 e. The van der Waals surface area contributed by atoms with Crippen LogP contribution in [0.3, 0.4) is 0 Å². The molecule has 280 valence electrons. The second-order valence-electron chi connectivity index (χ2n) is 13.5. The number of esters is 4. The zero-order chi connectivity index (χ0) is 36.0. The summed E-state index contributed by atoms with van der Waals surface area (Å²) in [5.74, 6) is -2.17. The first kappa shape index (κ1) is 54.0. The van der Waals surface area contributed by atoms with Crippen LogP contribution in [0, 0.1) is 25.2 Å². The normalized spacial score (nSPS) is 23.7. The molecular formula is C36H61ClMgO11. The SMILES string of the molecule is C=C(C)C(=O)OC(=O)C(=C)C.C=C(C)C(=O)OC1CCCC1C(C)(C)O.CC(C)(O)C1CCCC1O.COC(=O)C1CCCC1O.[CH3-].[Cl-].[Mg+2]. The number of aliphatic hydroxyl groups excluding tert-OH is 2. The van der Waals surface area contributed by atoms with Crippen LogP contribution in [0.25, 0.3) is 0 Å². The van der Waals surface area contributed by atoms with Crippen molar-refractivity contribution in [2.45, 2.75) is 136 Å². The number of ether oxygens (including phenoxy) is 3. The molecule has 3 aliphatic carbocycles. The molecule has 6 atom stereocenters. The summed E-state index contributed by atoms with van der Waals surface area (Å²) in [6.45, 7) is 21.8. The van der Waals surface area contributed by atoms with E-state index in [4.69, 9.17) is 4.74 Å². The molecule has 13 heteroatoms. The van der Waals surface area contributed by atoms with Gasteiger partial charge >= 0.3 is 46.9 Å². The van der Waals surface area contributed by atoms with Gasteiger partial charge in [-0.25, -0.2) is 14.4 Å². The Balaban J connectivity index is -0.000000274. The minimum absolute atomic E-state index is 0. The molecule has 0 spiro atoms. The molecule has 0 aromatic rings. The van der Waals surface area contributed by atoms with Crippen molar-refractivity contribution in [3.8, 4) is 0 Å². The van der Waals surface area contributed by atoms with E-state index < -0.39 is 29.2 Å². The van der Waals surface area contributed by atoms with Crippen LogP contribution in [0.5, 0.6) is 0 Å². The van der Waals surface area contributed by atoms with Gasteiger partial charge in [-0.1, -0.05) is 26.2 Å². The number of carbonyl (C=O) groups is 4. The molecule has 11 nitrogen and oxygen atoms in total. The summed E-state index contributed by atoms with van der Waals surface area (Å²) in [4.78, 5) is 43.6. The van der Waals surface area contributed by atoms with Crippen LogP contribution in [0.15, 0.2) is 36.5 Å². The minimum atomic E-state index is -0.781. The van der Waals surface area contributed by atoms with Gasteiger partial charge in [0.1, 0.15) is 6.10 Å². The van der Waals surface area contributed by atoms with Crippen molar-refractivity contribution in [3.63, 3.8) is 0 Å². The molecule has 0 aliphatic heterocycles. The van der Waals surface area contributed by atoms with Gasteiger partial charge < -0.3 is 54.5 Å². The second kappa shape index (κ2) is 25.2. The van der Waals surface area contributed by atoms with Crippen LogP contribution in [0.4, 0.5) is 0 Å².